The lowest BCUT2D eigenvalue weighted by Gasteiger charge is -2.21. The molecule has 5 nitrogen and oxygen atoms in total. The van der Waals surface area contributed by atoms with Crippen molar-refractivity contribution in [2.24, 2.45) is 5.92 Å². The highest BCUT2D eigenvalue weighted by Gasteiger charge is 2.30. The molecule has 0 radical (unpaired) electrons. The molecule has 1 aromatic heterocycles. The fourth-order valence-electron chi connectivity index (χ4n) is 4.21. The lowest BCUT2D eigenvalue weighted by atomic mass is 9.86. The van der Waals surface area contributed by atoms with Crippen molar-refractivity contribution in [2.45, 2.75) is 56.9 Å². The second kappa shape index (κ2) is 9.35. The van der Waals surface area contributed by atoms with E-state index in [0.29, 0.717) is 5.92 Å². The summed E-state index contributed by atoms with van der Waals surface area (Å²) in [6.45, 7) is 1.85. The predicted octanol–water partition coefficient (Wildman–Crippen LogP) is 4.64. The number of nitrogens with zero attached hydrogens (tertiary/aromatic N) is 1. The zero-order valence-corrected chi connectivity index (χ0v) is 18.0. The summed E-state index contributed by atoms with van der Waals surface area (Å²) in [4.78, 5) is 15.7. The van der Waals surface area contributed by atoms with Gasteiger partial charge in [-0.05, 0) is 36.1 Å². The summed E-state index contributed by atoms with van der Waals surface area (Å²) in [5.41, 5.74) is 4.60. The molecule has 0 saturated heterocycles. The molecule has 1 aromatic carbocycles. The highest BCUT2D eigenvalue weighted by atomic mass is 19.1. The van der Waals surface area contributed by atoms with Gasteiger partial charge in [-0.1, -0.05) is 49.4 Å². The van der Waals surface area contributed by atoms with E-state index in [9.17, 15) is 19.4 Å². The number of aliphatic hydroxyl groups excluding tert-OH is 2. The Balaban J connectivity index is 1.78. The Hall–Kier alpha value is -2.83. The minimum atomic E-state index is -1.13. The van der Waals surface area contributed by atoms with Gasteiger partial charge in [0.05, 0.1) is 29.8 Å². The Bertz CT molecular complexity index is 1100. The normalized spacial score (nSPS) is 22.8. The van der Waals surface area contributed by atoms with Crippen molar-refractivity contribution in [3.8, 4) is 0 Å². The molecule has 0 bridgehead atoms. The monoisotopic (exact) mass is 437 g/mol. The Morgan fingerprint density at radius 2 is 2.03 bits per heavy atom. The summed E-state index contributed by atoms with van der Waals surface area (Å²) in [6, 6.07) is 7.87. The Labute approximate surface area is 186 Å². The van der Waals surface area contributed by atoms with Gasteiger partial charge >= 0.3 is 5.97 Å². The van der Waals surface area contributed by atoms with Crippen molar-refractivity contribution >= 4 is 28.5 Å². The molecule has 0 aliphatic heterocycles. The Morgan fingerprint density at radius 1 is 1.28 bits per heavy atom. The van der Waals surface area contributed by atoms with Gasteiger partial charge in [-0.2, -0.15) is 0 Å². The quantitative estimate of drug-likeness (QED) is 0.560. The van der Waals surface area contributed by atoms with E-state index in [4.69, 9.17) is 10.1 Å². The van der Waals surface area contributed by atoms with Crippen LogP contribution in [0.1, 0.15) is 55.3 Å². The molecular formula is C26H28FNO4. The molecule has 3 N–H and O–H groups in total. The van der Waals surface area contributed by atoms with E-state index in [2.05, 4.69) is 0 Å². The number of carboxylic acids is 1. The molecule has 2 aliphatic rings. The zero-order valence-electron chi connectivity index (χ0n) is 18.0. The topological polar surface area (TPSA) is 90.7 Å². The summed E-state index contributed by atoms with van der Waals surface area (Å²) in [7, 11) is 0. The van der Waals surface area contributed by atoms with Crippen LogP contribution in [-0.2, 0) is 4.79 Å². The molecule has 1 saturated carbocycles. The molecule has 1 fully saturated rings. The molecular weight excluding hydrogens is 409 g/mol. The zero-order chi connectivity index (χ0) is 22.8. The Kier molecular flexibility index (Phi) is 6.53. The number of alkyl halides is 1. The molecule has 4 rings (SSSR count). The molecule has 0 amide bonds. The third-order valence-corrected chi connectivity index (χ3v) is 6.03. The van der Waals surface area contributed by atoms with Crippen LogP contribution in [0.4, 0.5) is 4.39 Å². The maximum atomic E-state index is 14.1. The average molecular weight is 438 g/mol. The van der Waals surface area contributed by atoms with E-state index in [0.717, 1.165) is 46.1 Å². The van der Waals surface area contributed by atoms with Gasteiger partial charge in [-0.3, -0.25) is 9.78 Å². The predicted molar refractivity (Wildman–Crippen MR) is 123 cm³/mol. The number of hydrogen-bond acceptors (Lipinski definition) is 4. The highest BCUT2D eigenvalue weighted by Crippen LogP contribution is 2.45. The minimum absolute atomic E-state index is 0.0684. The maximum Gasteiger partial charge on any atom is 0.305 e. The van der Waals surface area contributed by atoms with Crippen LogP contribution in [0.3, 0.4) is 0 Å². The van der Waals surface area contributed by atoms with Gasteiger partial charge in [0.25, 0.3) is 0 Å². The van der Waals surface area contributed by atoms with E-state index in [-0.39, 0.29) is 12.3 Å². The van der Waals surface area contributed by atoms with Crippen LogP contribution in [-0.4, -0.2) is 44.7 Å². The van der Waals surface area contributed by atoms with E-state index >= 15 is 0 Å². The van der Waals surface area contributed by atoms with Gasteiger partial charge in [0.15, 0.2) is 0 Å². The van der Waals surface area contributed by atoms with E-state index in [1.54, 1.807) is 12.2 Å². The number of pyridine rings is 1. The second-order valence-electron chi connectivity index (χ2n) is 8.78. The lowest BCUT2D eigenvalue weighted by molar-refractivity contribution is -0.139. The fourth-order valence-corrected chi connectivity index (χ4v) is 4.21. The van der Waals surface area contributed by atoms with Crippen LogP contribution in [0, 0.1) is 5.92 Å². The standard InChI is InChI=1S/C26H28FNO4/c1-15-12-17(8-11-22(15)27)25-20-4-2-3-5-23(20)28-26(16-6-7-16)21(25)10-9-18(29)13-19(30)14-24(31)32/h2-5,8-12,15-16,18-19,22,29-30H,6-7,13-14H2,1H3,(H,31,32). The summed E-state index contributed by atoms with van der Waals surface area (Å²) < 4.78 is 14.1. The third-order valence-electron chi connectivity index (χ3n) is 6.03. The summed E-state index contributed by atoms with van der Waals surface area (Å²) in [5.74, 6) is -1.02. The number of rotatable bonds is 8. The molecule has 32 heavy (non-hydrogen) atoms. The number of aliphatic hydroxyl groups is 2. The molecule has 0 spiro atoms. The largest absolute Gasteiger partial charge is 0.481 e. The van der Waals surface area contributed by atoms with E-state index in [1.807, 2.05) is 49.4 Å². The first-order valence-corrected chi connectivity index (χ1v) is 11.1. The number of aromatic nitrogens is 1. The number of para-hydroxylation sites is 1. The number of fused-ring (bicyclic) bond motifs is 1. The van der Waals surface area contributed by atoms with Crippen molar-refractivity contribution in [3.05, 3.63) is 65.4 Å². The van der Waals surface area contributed by atoms with Crippen molar-refractivity contribution in [3.63, 3.8) is 0 Å². The van der Waals surface area contributed by atoms with Crippen molar-refractivity contribution in [1.29, 1.82) is 0 Å². The first-order chi connectivity index (χ1) is 15.3. The van der Waals surface area contributed by atoms with E-state index < -0.39 is 30.8 Å². The van der Waals surface area contributed by atoms with Gasteiger partial charge in [-0.15, -0.1) is 0 Å². The average Bonchev–Trinajstić information content (AvgIpc) is 3.58. The van der Waals surface area contributed by atoms with Gasteiger partial charge in [-0.25, -0.2) is 4.39 Å². The van der Waals surface area contributed by atoms with Gasteiger partial charge in [0, 0.05) is 29.2 Å². The van der Waals surface area contributed by atoms with Crippen LogP contribution >= 0.6 is 0 Å². The first kappa shape index (κ1) is 22.4. The summed E-state index contributed by atoms with van der Waals surface area (Å²) in [5, 5.41) is 30.0. The van der Waals surface area contributed by atoms with Gasteiger partial charge in [0.1, 0.15) is 6.17 Å². The van der Waals surface area contributed by atoms with Gasteiger partial charge < -0.3 is 15.3 Å². The number of hydrogen-bond donors (Lipinski definition) is 3. The highest BCUT2D eigenvalue weighted by molar-refractivity contribution is 5.98. The second-order valence-corrected chi connectivity index (χ2v) is 8.78. The Morgan fingerprint density at radius 3 is 2.72 bits per heavy atom. The number of benzene rings is 1. The van der Waals surface area contributed by atoms with Crippen molar-refractivity contribution < 1.29 is 24.5 Å². The summed E-state index contributed by atoms with van der Waals surface area (Å²) in [6.07, 6.45) is 7.19. The van der Waals surface area contributed by atoms with Crippen LogP contribution in [0.5, 0.6) is 0 Å². The number of allylic oxidation sites excluding steroid dienone is 4. The molecule has 4 unspecified atom stereocenters. The lowest BCUT2D eigenvalue weighted by Crippen LogP contribution is -2.19. The smallest absolute Gasteiger partial charge is 0.305 e. The van der Waals surface area contributed by atoms with Gasteiger partial charge in [0.2, 0.25) is 0 Å². The molecule has 1 heterocycles. The minimum Gasteiger partial charge on any atom is -0.481 e. The number of carboxylic acid groups (broad SMARTS) is 1. The molecule has 6 heteroatoms. The number of halogens is 1. The van der Waals surface area contributed by atoms with Crippen LogP contribution in [0.15, 0.2) is 48.6 Å². The van der Waals surface area contributed by atoms with Crippen LogP contribution in [0.2, 0.25) is 0 Å². The molecule has 2 aromatic rings. The van der Waals surface area contributed by atoms with Crippen molar-refractivity contribution in [2.75, 3.05) is 0 Å². The SMILES string of the molecule is CC1C=C(c2c(C=CC(O)CC(O)CC(=O)O)c(C3CC3)nc3ccccc23)C=CC1F. The maximum absolute atomic E-state index is 14.1. The first-order valence-electron chi connectivity index (χ1n) is 11.1. The fraction of sp³-hybridized carbons (Fsp3) is 0.385. The number of aliphatic carboxylic acids is 1. The van der Waals surface area contributed by atoms with Crippen LogP contribution in [0.25, 0.3) is 22.6 Å². The molecule has 168 valence electrons. The van der Waals surface area contributed by atoms with Crippen molar-refractivity contribution in [1.82, 2.24) is 4.98 Å². The summed E-state index contributed by atoms with van der Waals surface area (Å²) >= 11 is 0. The molecule has 4 atom stereocenters. The van der Waals surface area contributed by atoms with E-state index in [1.165, 1.54) is 0 Å². The number of carbonyl (C=O) groups is 1. The third kappa shape index (κ3) is 4.97. The van der Waals surface area contributed by atoms with Crippen LogP contribution < -0.4 is 0 Å². The molecule has 2 aliphatic carbocycles.